The predicted octanol–water partition coefficient (Wildman–Crippen LogP) is 3.39. The van der Waals surface area contributed by atoms with Crippen LogP contribution in [-0.4, -0.2) is 35.6 Å². The van der Waals surface area contributed by atoms with Gasteiger partial charge in [-0.1, -0.05) is 30.3 Å². The highest BCUT2D eigenvalue weighted by molar-refractivity contribution is 8.00. The van der Waals surface area contributed by atoms with Crippen molar-refractivity contribution >= 4 is 23.6 Å². The first kappa shape index (κ1) is 20.0. The van der Waals surface area contributed by atoms with Gasteiger partial charge in [0, 0.05) is 18.0 Å². The zero-order chi connectivity index (χ0) is 18.9. The third-order valence-corrected chi connectivity index (χ3v) is 5.08. The summed E-state index contributed by atoms with van der Waals surface area (Å²) in [6.45, 7) is 4.65. The Labute approximate surface area is 157 Å². The molecule has 0 aliphatic carbocycles. The molecule has 0 unspecified atom stereocenters. The van der Waals surface area contributed by atoms with Gasteiger partial charge in [-0.05, 0) is 43.2 Å². The van der Waals surface area contributed by atoms with Crippen molar-refractivity contribution in [3.63, 3.8) is 0 Å². The van der Waals surface area contributed by atoms with Crippen LogP contribution in [0.25, 0.3) is 0 Å². The van der Waals surface area contributed by atoms with Crippen LogP contribution in [0.3, 0.4) is 0 Å². The molecule has 0 spiro atoms. The molecule has 26 heavy (non-hydrogen) atoms. The van der Waals surface area contributed by atoms with Crippen LogP contribution in [0, 0.1) is 12.7 Å². The normalized spacial score (nSPS) is 10.4. The summed E-state index contributed by atoms with van der Waals surface area (Å²) in [5.74, 6) is -0.318. The molecule has 2 amide bonds. The van der Waals surface area contributed by atoms with Gasteiger partial charge in [0.05, 0.1) is 12.3 Å². The summed E-state index contributed by atoms with van der Waals surface area (Å²) >= 11 is 1.48. The van der Waals surface area contributed by atoms with Crippen molar-refractivity contribution in [2.24, 2.45) is 0 Å². The fourth-order valence-electron chi connectivity index (χ4n) is 2.36. The first-order valence-corrected chi connectivity index (χ1v) is 9.45. The van der Waals surface area contributed by atoms with E-state index in [-0.39, 0.29) is 24.2 Å². The molecule has 0 fully saturated rings. The number of hydrogen-bond acceptors (Lipinski definition) is 3. The predicted molar refractivity (Wildman–Crippen MR) is 102 cm³/mol. The second-order valence-electron chi connectivity index (χ2n) is 5.87. The number of nitrogens with zero attached hydrogens (tertiary/aromatic N) is 1. The quantitative estimate of drug-likeness (QED) is 0.721. The van der Waals surface area contributed by atoms with Gasteiger partial charge in [0.2, 0.25) is 11.8 Å². The lowest BCUT2D eigenvalue weighted by molar-refractivity contribution is -0.133. The molecule has 0 aromatic heterocycles. The fourth-order valence-corrected chi connectivity index (χ4v) is 3.29. The van der Waals surface area contributed by atoms with Gasteiger partial charge in [-0.2, -0.15) is 0 Å². The lowest BCUT2D eigenvalue weighted by Crippen LogP contribution is -2.41. The topological polar surface area (TPSA) is 49.4 Å². The summed E-state index contributed by atoms with van der Waals surface area (Å²) in [5, 5.41) is 2.76. The SMILES string of the molecule is CCN(CC(=O)NCc1ccc(F)cc1)C(=O)CSc1ccccc1C. The third kappa shape index (κ3) is 6.19. The van der Waals surface area contributed by atoms with Gasteiger partial charge >= 0.3 is 0 Å². The minimum absolute atomic E-state index is 0.0187. The molecular formula is C20H23FN2O2S. The van der Waals surface area contributed by atoms with Crippen LogP contribution in [0.4, 0.5) is 4.39 Å². The highest BCUT2D eigenvalue weighted by Crippen LogP contribution is 2.21. The molecule has 0 aliphatic rings. The largest absolute Gasteiger partial charge is 0.350 e. The Balaban J connectivity index is 1.81. The van der Waals surface area contributed by atoms with Gasteiger partial charge in [-0.25, -0.2) is 4.39 Å². The van der Waals surface area contributed by atoms with Crippen LogP contribution >= 0.6 is 11.8 Å². The van der Waals surface area contributed by atoms with Gasteiger partial charge in [0.25, 0.3) is 0 Å². The molecule has 0 atom stereocenters. The van der Waals surface area contributed by atoms with Crippen LogP contribution in [0.2, 0.25) is 0 Å². The number of hydrogen-bond donors (Lipinski definition) is 1. The summed E-state index contributed by atoms with van der Waals surface area (Å²) < 4.78 is 12.9. The Bertz CT molecular complexity index is 750. The Morgan fingerprint density at radius 2 is 1.81 bits per heavy atom. The third-order valence-electron chi connectivity index (χ3n) is 3.92. The average molecular weight is 374 g/mol. The summed E-state index contributed by atoms with van der Waals surface area (Å²) in [5.41, 5.74) is 1.94. The number of aryl methyl sites for hydroxylation is 1. The van der Waals surface area contributed by atoms with E-state index < -0.39 is 0 Å². The van der Waals surface area contributed by atoms with Crippen LogP contribution in [0.15, 0.2) is 53.4 Å². The first-order chi connectivity index (χ1) is 12.5. The highest BCUT2D eigenvalue weighted by atomic mass is 32.2. The summed E-state index contributed by atoms with van der Waals surface area (Å²) in [7, 11) is 0. The molecule has 0 aliphatic heterocycles. The van der Waals surface area contributed by atoms with Gasteiger partial charge < -0.3 is 10.2 Å². The van der Waals surface area contributed by atoms with E-state index in [9.17, 15) is 14.0 Å². The molecule has 0 radical (unpaired) electrons. The fraction of sp³-hybridized carbons (Fsp3) is 0.300. The maximum absolute atomic E-state index is 12.9. The van der Waals surface area contributed by atoms with E-state index in [1.54, 1.807) is 12.1 Å². The molecule has 4 nitrogen and oxygen atoms in total. The number of rotatable bonds is 8. The molecule has 1 N–H and O–H groups in total. The monoisotopic (exact) mass is 374 g/mol. The molecule has 6 heteroatoms. The van der Waals surface area contributed by atoms with Crippen LogP contribution in [0.1, 0.15) is 18.1 Å². The van der Waals surface area contributed by atoms with Gasteiger partial charge in [0.15, 0.2) is 0 Å². The number of likely N-dealkylation sites (N-methyl/N-ethyl adjacent to an activating group) is 1. The maximum Gasteiger partial charge on any atom is 0.239 e. The van der Waals surface area contributed by atoms with Crippen molar-refractivity contribution in [3.05, 3.63) is 65.5 Å². The van der Waals surface area contributed by atoms with E-state index in [2.05, 4.69) is 5.32 Å². The molecule has 0 bridgehead atoms. The molecule has 138 valence electrons. The number of nitrogens with one attached hydrogen (secondary N) is 1. The van der Waals surface area contributed by atoms with E-state index in [0.717, 1.165) is 16.0 Å². The molecule has 2 aromatic carbocycles. The number of halogens is 1. The van der Waals surface area contributed by atoms with Gasteiger partial charge in [-0.3, -0.25) is 9.59 Å². The van der Waals surface area contributed by atoms with Crippen LogP contribution < -0.4 is 5.32 Å². The Hall–Kier alpha value is -2.34. The zero-order valence-corrected chi connectivity index (χ0v) is 15.8. The number of amides is 2. The van der Waals surface area contributed by atoms with Gasteiger partial charge in [-0.15, -0.1) is 11.8 Å². The van der Waals surface area contributed by atoms with E-state index in [1.165, 1.54) is 28.8 Å². The van der Waals surface area contributed by atoms with Crippen LogP contribution in [-0.2, 0) is 16.1 Å². The standard InChI is InChI=1S/C20H23FN2O2S/c1-3-23(20(25)14-26-18-7-5-4-6-15(18)2)13-19(24)22-12-16-8-10-17(21)11-9-16/h4-11H,3,12-14H2,1-2H3,(H,22,24). The minimum Gasteiger partial charge on any atom is -0.350 e. The summed E-state index contributed by atoms with van der Waals surface area (Å²) in [6, 6.07) is 13.9. The lowest BCUT2D eigenvalue weighted by atomic mass is 10.2. The van der Waals surface area contributed by atoms with Crippen molar-refractivity contribution in [2.45, 2.75) is 25.3 Å². The summed E-state index contributed by atoms with van der Waals surface area (Å²) in [4.78, 5) is 27.1. The van der Waals surface area contributed by atoms with E-state index in [4.69, 9.17) is 0 Å². The first-order valence-electron chi connectivity index (χ1n) is 8.47. The smallest absolute Gasteiger partial charge is 0.239 e. The highest BCUT2D eigenvalue weighted by Gasteiger charge is 2.16. The van der Waals surface area contributed by atoms with Crippen molar-refractivity contribution in [3.8, 4) is 0 Å². The van der Waals surface area contributed by atoms with Gasteiger partial charge in [0.1, 0.15) is 5.82 Å². The number of benzene rings is 2. The van der Waals surface area contributed by atoms with Crippen molar-refractivity contribution < 1.29 is 14.0 Å². The Kier molecular flexibility index (Phi) is 7.66. The van der Waals surface area contributed by atoms with E-state index in [0.29, 0.717) is 18.8 Å². The zero-order valence-electron chi connectivity index (χ0n) is 15.0. The van der Waals surface area contributed by atoms with Crippen molar-refractivity contribution in [2.75, 3.05) is 18.8 Å². The van der Waals surface area contributed by atoms with Crippen LogP contribution in [0.5, 0.6) is 0 Å². The number of thioether (sulfide) groups is 1. The lowest BCUT2D eigenvalue weighted by Gasteiger charge is -2.20. The van der Waals surface area contributed by atoms with E-state index >= 15 is 0 Å². The maximum atomic E-state index is 12.9. The molecule has 0 saturated carbocycles. The Morgan fingerprint density at radius 1 is 1.12 bits per heavy atom. The van der Waals surface area contributed by atoms with E-state index in [1.807, 2.05) is 38.1 Å². The van der Waals surface area contributed by atoms with Crippen molar-refractivity contribution in [1.29, 1.82) is 0 Å². The number of carbonyl (C=O) groups is 2. The molecule has 2 rings (SSSR count). The summed E-state index contributed by atoms with van der Waals surface area (Å²) in [6.07, 6.45) is 0. The van der Waals surface area contributed by atoms with Crippen molar-refractivity contribution in [1.82, 2.24) is 10.2 Å². The second-order valence-corrected chi connectivity index (χ2v) is 6.88. The molecular weight excluding hydrogens is 351 g/mol. The molecule has 2 aromatic rings. The molecule has 0 heterocycles. The second kappa shape index (κ2) is 9.97. The average Bonchev–Trinajstić information content (AvgIpc) is 2.64. The Morgan fingerprint density at radius 3 is 2.46 bits per heavy atom. The number of carbonyl (C=O) groups excluding carboxylic acids is 2. The minimum atomic E-state index is -0.311. The molecule has 0 saturated heterocycles.